The molecule has 0 bridgehead atoms. The first-order chi connectivity index (χ1) is 9.63. The molecule has 0 aromatic carbocycles. The molecule has 0 heterocycles. The Morgan fingerprint density at radius 1 is 1.15 bits per heavy atom. The van der Waals surface area contributed by atoms with Crippen molar-refractivity contribution in [2.24, 2.45) is 5.92 Å². The SMILES string of the molecule is CCCNC1CCCCC1CN(C)CC1(O)CCCC1. The van der Waals surface area contributed by atoms with E-state index in [1.165, 1.54) is 44.9 Å². The predicted molar refractivity (Wildman–Crippen MR) is 85.0 cm³/mol. The van der Waals surface area contributed by atoms with Crippen LogP contribution in [0.2, 0.25) is 0 Å². The van der Waals surface area contributed by atoms with Gasteiger partial charge in [0.25, 0.3) is 0 Å². The van der Waals surface area contributed by atoms with Gasteiger partial charge >= 0.3 is 0 Å². The summed E-state index contributed by atoms with van der Waals surface area (Å²) in [6.45, 7) is 5.40. The lowest BCUT2D eigenvalue weighted by atomic mass is 9.84. The van der Waals surface area contributed by atoms with E-state index < -0.39 is 5.60 Å². The molecule has 20 heavy (non-hydrogen) atoms. The molecule has 3 nitrogen and oxygen atoms in total. The molecule has 0 aliphatic heterocycles. The topological polar surface area (TPSA) is 35.5 Å². The van der Waals surface area contributed by atoms with E-state index in [-0.39, 0.29) is 0 Å². The lowest BCUT2D eigenvalue weighted by Crippen LogP contribution is -2.47. The van der Waals surface area contributed by atoms with Crippen LogP contribution < -0.4 is 5.32 Å². The third-order valence-electron chi connectivity index (χ3n) is 5.21. The van der Waals surface area contributed by atoms with E-state index >= 15 is 0 Å². The van der Waals surface area contributed by atoms with Crippen molar-refractivity contribution in [3.05, 3.63) is 0 Å². The molecule has 0 aromatic rings. The van der Waals surface area contributed by atoms with E-state index in [1.807, 2.05) is 0 Å². The van der Waals surface area contributed by atoms with Crippen LogP contribution in [0.15, 0.2) is 0 Å². The maximum Gasteiger partial charge on any atom is 0.0774 e. The van der Waals surface area contributed by atoms with E-state index in [0.717, 1.165) is 38.4 Å². The monoisotopic (exact) mass is 282 g/mol. The lowest BCUT2D eigenvalue weighted by Gasteiger charge is -2.37. The number of likely N-dealkylation sites (N-methyl/N-ethyl adjacent to an activating group) is 1. The largest absolute Gasteiger partial charge is 0.389 e. The Kier molecular flexibility index (Phi) is 6.31. The van der Waals surface area contributed by atoms with Crippen LogP contribution in [-0.2, 0) is 0 Å². The van der Waals surface area contributed by atoms with Crippen molar-refractivity contribution in [3.63, 3.8) is 0 Å². The fourth-order valence-electron chi connectivity index (χ4n) is 4.18. The van der Waals surface area contributed by atoms with Crippen LogP contribution in [0.25, 0.3) is 0 Å². The van der Waals surface area contributed by atoms with E-state index in [1.54, 1.807) is 0 Å². The Morgan fingerprint density at radius 2 is 1.85 bits per heavy atom. The minimum Gasteiger partial charge on any atom is -0.389 e. The van der Waals surface area contributed by atoms with E-state index in [0.29, 0.717) is 6.04 Å². The summed E-state index contributed by atoms with van der Waals surface area (Å²) < 4.78 is 0. The molecule has 2 aliphatic rings. The summed E-state index contributed by atoms with van der Waals surface area (Å²) >= 11 is 0. The second-order valence-corrected chi connectivity index (χ2v) is 7.23. The lowest BCUT2D eigenvalue weighted by molar-refractivity contribution is 0.00987. The molecule has 0 amide bonds. The number of rotatable bonds is 7. The van der Waals surface area contributed by atoms with Crippen LogP contribution in [0.5, 0.6) is 0 Å². The third kappa shape index (κ3) is 4.71. The van der Waals surface area contributed by atoms with Gasteiger partial charge in [-0.2, -0.15) is 0 Å². The zero-order chi connectivity index (χ0) is 14.4. The average molecular weight is 282 g/mol. The summed E-state index contributed by atoms with van der Waals surface area (Å²) in [5, 5.41) is 14.3. The second kappa shape index (κ2) is 7.77. The van der Waals surface area contributed by atoms with Gasteiger partial charge in [0.1, 0.15) is 0 Å². The number of aliphatic hydroxyl groups is 1. The number of hydrogen-bond donors (Lipinski definition) is 2. The van der Waals surface area contributed by atoms with Crippen molar-refractivity contribution >= 4 is 0 Å². The van der Waals surface area contributed by atoms with Crippen molar-refractivity contribution in [2.75, 3.05) is 26.7 Å². The minimum absolute atomic E-state index is 0.393. The molecule has 2 aliphatic carbocycles. The van der Waals surface area contributed by atoms with Crippen molar-refractivity contribution in [2.45, 2.75) is 76.4 Å². The zero-order valence-corrected chi connectivity index (χ0v) is 13.5. The van der Waals surface area contributed by atoms with Gasteiger partial charge in [0.2, 0.25) is 0 Å². The van der Waals surface area contributed by atoms with Gasteiger partial charge in [0.05, 0.1) is 5.60 Å². The summed E-state index contributed by atoms with van der Waals surface area (Å²) in [4.78, 5) is 2.39. The van der Waals surface area contributed by atoms with Crippen molar-refractivity contribution in [3.8, 4) is 0 Å². The normalized spacial score (nSPS) is 30.0. The maximum atomic E-state index is 10.5. The third-order valence-corrected chi connectivity index (χ3v) is 5.21. The van der Waals surface area contributed by atoms with Gasteiger partial charge in [-0.1, -0.05) is 32.6 Å². The second-order valence-electron chi connectivity index (χ2n) is 7.23. The van der Waals surface area contributed by atoms with Crippen LogP contribution in [0, 0.1) is 5.92 Å². The average Bonchev–Trinajstić information content (AvgIpc) is 2.84. The van der Waals surface area contributed by atoms with Gasteiger partial charge in [-0.25, -0.2) is 0 Å². The first-order valence-corrected chi connectivity index (χ1v) is 8.77. The maximum absolute atomic E-state index is 10.5. The van der Waals surface area contributed by atoms with Gasteiger partial charge in [0, 0.05) is 19.1 Å². The molecule has 2 unspecified atom stereocenters. The van der Waals surface area contributed by atoms with E-state index in [2.05, 4.69) is 24.2 Å². The highest BCUT2D eigenvalue weighted by Gasteiger charge is 2.33. The molecular formula is C17H34N2O. The molecule has 2 rings (SSSR count). The van der Waals surface area contributed by atoms with E-state index in [9.17, 15) is 5.11 Å². The first-order valence-electron chi connectivity index (χ1n) is 8.77. The van der Waals surface area contributed by atoms with Gasteiger partial charge < -0.3 is 15.3 Å². The standard InChI is InChI=1S/C17H34N2O/c1-3-12-18-16-9-5-4-8-15(16)13-19(2)14-17(20)10-6-7-11-17/h15-16,18,20H,3-14H2,1-2H3. The molecule has 2 atom stereocenters. The predicted octanol–water partition coefficient (Wildman–Crippen LogP) is 2.78. The van der Waals surface area contributed by atoms with Crippen molar-refractivity contribution in [1.82, 2.24) is 10.2 Å². The van der Waals surface area contributed by atoms with Gasteiger partial charge in [0.15, 0.2) is 0 Å². The van der Waals surface area contributed by atoms with Crippen LogP contribution in [0.3, 0.4) is 0 Å². The van der Waals surface area contributed by atoms with E-state index in [4.69, 9.17) is 0 Å². The fourth-order valence-corrected chi connectivity index (χ4v) is 4.18. The summed E-state index contributed by atoms with van der Waals surface area (Å²) in [7, 11) is 2.20. The van der Waals surface area contributed by atoms with Crippen molar-refractivity contribution < 1.29 is 5.11 Å². The smallest absolute Gasteiger partial charge is 0.0774 e. The molecule has 0 radical (unpaired) electrons. The minimum atomic E-state index is -0.393. The molecular weight excluding hydrogens is 248 g/mol. The van der Waals surface area contributed by atoms with Gasteiger partial charge in [-0.3, -0.25) is 0 Å². The highest BCUT2D eigenvalue weighted by molar-refractivity contribution is 4.89. The summed E-state index contributed by atoms with van der Waals surface area (Å²) in [6, 6.07) is 0.698. The Hall–Kier alpha value is -0.120. The summed E-state index contributed by atoms with van der Waals surface area (Å²) in [5.41, 5.74) is -0.393. The van der Waals surface area contributed by atoms with Crippen LogP contribution in [0.1, 0.15) is 64.7 Å². The summed E-state index contributed by atoms with van der Waals surface area (Å²) in [5.74, 6) is 0.769. The van der Waals surface area contributed by atoms with Crippen molar-refractivity contribution in [1.29, 1.82) is 0 Å². The zero-order valence-electron chi connectivity index (χ0n) is 13.5. The fraction of sp³-hybridized carbons (Fsp3) is 1.00. The molecule has 0 saturated heterocycles. The highest BCUT2D eigenvalue weighted by Crippen LogP contribution is 2.31. The number of nitrogens with one attached hydrogen (secondary N) is 1. The molecule has 3 heteroatoms. The molecule has 118 valence electrons. The first kappa shape index (κ1) is 16.3. The summed E-state index contributed by atoms with van der Waals surface area (Å²) in [6.07, 6.45) is 11.1. The molecule has 2 N–H and O–H groups in total. The Morgan fingerprint density at radius 3 is 2.55 bits per heavy atom. The van der Waals surface area contributed by atoms with Crippen LogP contribution >= 0.6 is 0 Å². The van der Waals surface area contributed by atoms with Crippen LogP contribution in [0.4, 0.5) is 0 Å². The van der Waals surface area contributed by atoms with Crippen LogP contribution in [-0.4, -0.2) is 48.3 Å². The Bertz CT molecular complexity index is 276. The highest BCUT2D eigenvalue weighted by atomic mass is 16.3. The van der Waals surface area contributed by atoms with Gasteiger partial charge in [-0.15, -0.1) is 0 Å². The molecule has 2 saturated carbocycles. The molecule has 2 fully saturated rings. The quantitative estimate of drug-likeness (QED) is 0.754. The Balaban J connectivity index is 1.79. The number of nitrogens with zero attached hydrogens (tertiary/aromatic N) is 1. The Labute approximate surface area is 125 Å². The molecule has 0 spiro atoms. The van der Waals surface area contributed by atoms with Gasteiger partial charge in [-0.05, 0) is 51.6 Å². The number of hydrogen-bond acceptors (Lipinski definition) is 3. The molecule has 0 aromatic heterocycles.